The number of hydrogen-bond acceptors (Lipinski definition) is 5. The highest BCUT2D eigenvalue weighted by atomic mass is 14.8. The van der Waals surface area contributed by atoms with Crippen LogP contribution in [0.4, 0.5) is 0 Å². The normalized spacial score (nSPS) is 11.5. The van der Waals surface area contributed by atoms with Gasteiger partial charge in [-0.1, -0.05) is 12.1 Å². The van der Waals surface area contributed by atoms with Gasteiger partial charge < -0.3 is 0 Å². The first-order valence-corrected chi connectivity index (χ1v) is 6.72. The van der Waals surface area contributed by atoms with E-state index in [-0.39, 0.29) is 0 Å². The Bertz CT molecular complexity index is 891. The van der Waals surface area contributed by atoms with Gasteiger partial charge in [0.15, 0.2) is 0 Å². The van der Waals surface area contributed by atoms with E-state index < -0.39 is 0 Å². The van der Waals surface area contributed by atoms with E-state index in [4.69, 9.17) is 0 Å². The predicted molar refractivity (Wildman–Crippen MR) is 81.0 cm³/mol. The molecule has 0 bridgehead atoms. The Morgan fingerprint density at radius 2 is 1.55 bits per heavy atom. The van der Waals surface area contributed by atoms with Gasteiger partial charge in [-0.2, -0.15) is 5.26 Å². The van der Waals surface area contributed by atoms with E-state index in [9.17, 15) is 5.26 Å². The minimum atomic E-state index is 0.503. The van der Waals surface area contributed by atoms with E-state index in [0.29, 0.717) is 11.3 Å². The minimum Gasteiger partial charge on any atom is -0.254 e. The summed E-state index contributed by atoms with van der Waals surface area (Å²) in [5, 5.41) is 9.68. The van der Waals surface area contributed by atoms with Crippen LogP contribution >= 0.6 is 0 Å². The van der Waals surface area contributed by atoms with Crippen molar-refractivity contribution in [1.29, 1.82) is 5.26 Å². The van der Waals surface area contributed by atoms with Gasteiger partial charge >= 0.3 is 0 Å². The first-order valence-electron chi connectivity index (χ1n) is 6.72. The van der Waals surface area contributed by atoms with Crippen LogP contribution in [0.15, 0.2) is 55.2 Å². The van der Waals surface area contributed by atoms with Crippen LogP contribution in [-0.2, 0) is 0 Å². The molecule has 5 heteroatoms. The fourth-order valence-electron chi connectivity index (χ4n) is 2.69. The molecule has 0 unspecified atom stereocenters. The predicted octanol–water partition coefficient (Wildman–Crippen LogP) is 2.73. The summed E-state index contributed by atoms with van der Waals surface area (Å²) in [4.78, 5) is 17.0. The van der Waals surface area contributed by atoms with Crippen molar-refractivity contribution in [2.45, 2.75) is 0 Å². The van der Waals surface area contributed by atoms with E-state index >= 15 is 0 Å². The quantitative estimate of drug-likeness (QED) is 0.502. The molecule has 0 saturated carbocycles. The summed E-state index contributed by atoms with van der Waals surface area (Å²) in [5.41, 5.74) is 5.34. The Hall–Kier alpha value is -3.39. The summed E-state index contributed by atoms with van der Waals surface area (Å²) in [7, 11) is 0. The van der Waals surface area contributed by atoms with Crippen LogP contribution in [0.1, 0.15) is 16.8 Å². The van der Waals surface area contributed by atoms with Crippen molar-refractivity contribution in [3.05, 3.63) is 72.1 Å². The monoisotopic (exact) mass is 283 g/mol. The molecule has 5 nitrogen and oxygen atoms in total. The molecule has 0 fully saturated rings. The van der Waals surface area contributed by atoms with Gasteiger partial charge in [0.25, 0.3) is 0 Å². The van der Waals surface area contributed by atoms with Crippen LogP contribution in [0.2, 0.25) is 0 Å². The lowest BCUT2D eigenvalue weighted by Gasteiger charge is -2.05. The second-order valence-electron chi connectivity index (χ2n) is 4.76. The van der Waals surface area contributed by atoms with Gasteiger partial charge in [0, 0.05) is 35.3 Å². The molecule has 1 aliphatic carbocycles. The van der Waals surface area contributed by atoms with Crippen LogP contribution < -0.4 is 0 Å². The molecular weight excluding hydrogens is 274 g/mol. The minimum absolute atomic E-state index is 0.503. The van der Waals surface area contributed by atoms with Gasteiger partial charge in [0.05, 0.1) is 22.7 Å². The summed E-state index contributed by atoms with van der Waals surface area (Å²) < 4.78 is 0. The number of nitrogens with zero attached hydrogens (tertiary/aromatic N) is 5. The van der Waals surface area contributed by atoms with Crippen molar-refractivity contribution in [2.75, 3.05) is 0 Å². The second kappa shape index (κ2) is 4.86. The lowest BCUT2D eigenvalue weighted by Crippen LogP contribution is -1.93. The SMILES string of the molecule is N#CC(=C1c2cccnc2-c2ncccc21)c1ccncn1. The average Bonchev–Trinajstić information content (AvgIpc) is 2.92. The molecule has 102 valence electrons. The standard InChI is InChI=1S/C17H9N5/c18-9-13(14-5-8-19-10-22-14)15-11-3-1-6-20-16(11)17-12(15)4-2-7-21-17/h1-8,10H. The highest BCUT2D eigenvalue weighted by Crippen LogP contribution is 2.44. The number of aromatic nitrogens is 4. The van der Waals surface area contributed by atoms with Crippen molar-refractivity contribution in [3.63, 3.8) is 0 Å². The average molecular weight is 283 g/mol. The van der Waals surface area contributed by atoms with Crippen molar-refractivity contribution < 1.29 is 0 Å². The molecule has 0 aliphatic heterocycles. The lowest BCUT2D eigenvalue weighted by molar-refractivity contribution is 1.14. The van der Waals surface area contributed by atoms with Crippen LogP contribution in [0.25, 0.3) is 22.5 Å². The Balaban J connectivity index is 2.11. The third-order valence-corrected chi connectivity index (χ3v) is 3.58. The molecule has 22 heavy (non-hydrogen) atoms. The van der Waals surface area contributed by atoms with Gasteiger partial charge in [0.1, 0.15) is 12.4 Å². The molecule has 0 radical (unpaired) electrons. The molecule has 0 saturated heterocycles. The van der Waals surface area contributed by atoms with E-state index in [1.54, 1.807) is 24.7 Å². The third-order valence-electron chi connectivity index (χ3n) is 3.58. The summed E-state index contributed by atoms with van der Waals surface area (Å²) in [5.74, 6) is 0. The smallest absolute Gasteiger partial charge is 0.116 e. The van der Waals surface area contributed by atoms with Gasteiger partial charge in [0.2, 0.25) is 0 Å². The van der Waals surface area contributed by atoms with E-state index in [1.807, 2.05) is 24.3 Å². The van der Waals surface area contributed by atoms with Crippen molar-refractivity contribution in [2.24, 2.45) is 0 Å². The number of nitriles is 1. The summed E-state index contributed by atoms with van der Waals surface area (Å²) in [6.45, 7) is 0. The number of fused-ring (bicyclic) bond motifs is 3. The number of hydrogen-bond donors (Lipinski definition) is 0. The van der Waals surface area contributed by atoms with Crippen LogP contribution in [-0.4, -0.2) is 19.9 Å². The fourth-order valence-corrected chi connectivity index (χ4v) is 2.69. The second-order valence-corrected chi connectivity index (χ2v) is 4.76. The van der Waals surface area contributed by atoms with Crippen molar-refractivity contribution in [1.82, 2.24) is 19.9 Å². The Morgan fingerprint density at radius 1 is 0.864 bits per heavy atom. The summed E-state index contributed by atoms with van der Waals surface area (Å²) in [6.07, 6.45) is 6.54. The van der Waals surface area contributed by atoms with E-state index in [1.165, 1.54) is 6.33 Å². The Kier molecular flexibility index (Phi) is 2.73. The maximum absolute atomic E-state index is 9.68. The highest BCUT2D eigenvalue weighted by Gasteiger charge is 2.28. The van der Waals surface area contributed by atoms with E-state index in [2.05, 4.69) is 26.0 Å². The van der Waals surface area contributed by atoms with Gasteiger partial charge in [-0.25, -0.2) is 9.97 Å². The first kappa shape index (κ1) is 12.4. The van der Waals surface area contributed by atoms with Gasteiger partial charge in [-0.05, 0) is 18.2 Å². The molecule has 0 atom stereocenters. The first-order chi connectivity index (χ1) is 10.9. The maximum Gasteiger partial charge on any atom is 0.116 e. The van der Waals surface area contributed by atoms with Crippen LogP contribution in [0.5, 0.6) is 0 Å². The van der Waals surface area contributed by atoms with Crippen LogP contribution in [0.3, 0.4) is 0 Å². The molecule has 0 amide bonds. The zero-order valence-corrected chi connectivity index (χ0v) is 11.4. The zero-order chi connectivity index (χ0) is 14.9. The molecule has 3 heterocycles. The number of rotatable bonds is 1. The lowest BCUT2D eigenvalue weighted by atomic mass is 9.97. The van der Waals surface area contributed by atoms with Crippen molar-refractivity contribution >= 4 is 11.1 Å². The van der Waals surface area contributed by atoms with Crippen molar-refractivity contribution in [3.8, 4) is 17.5 Å². The third kappa shape index (κ3) is 1.71. The van der Waals surface area contributed by atoms with Gasteiger partial charge in [-0.15, -0.1) is 0 Å². The Labute approximate surface area is 126 Å². The summed E-state index contributed by atoms with van der Waals surface area (Å²) >= 11 is 0. The maximum atomic E-state index is 9.68. The highest BCUT2D eigenvalue weighted by molar-refractivity contribution is 6.11. The molecule has 0 spiro atoms. The molecule has 0 aromatic carbocycles. The Morgan fingerprint density at radius 3 is 2.09 bits per heavy atom. The fraction of sp³-hybridized carbons (Fsp3) is 0. The van der Waals surface area contributed by atoms with Gasteiger partial charge in [-0.3, -0.25) is 9.97 Å². The number of allylic oxidation sites excluding steroid dienone is 1. The molecular formula is C17H9N5. The molecule has 0 N–H and O–H groups in total. The molecule has 3 aromatic rings. The largest absolute Gasteiger partial charge is 0.254 e. The number of pyridine rings is 2. The summed E-state index contributed by atoms with van der Waals surface area (Å²) in [6, 6.07) is 11.6. The molecule has 3 aromatic heterocycles. The zero-order valence-electron chi connectivity index (χ0n) is 11.4. The topological polar surface area (TPSA) is 75.3 Å². The molecule has 1 aliphatic rings. The van der Waals surface area contributed by atoms with Crippen LogP contribution in [0, 0.1) is 11.3 Å². The van der Waals surface area contributed by atoms with E-state index in [0.717, 1.165) is 28.1 Å². The molecule has 4 rings (SSSR count).